The fourth-order valence-corrected chi connectivity index (χ4v) is 1.99. The molecule has 0 bridgehead atoms. The van der Waals surface area contributed by atoms with Gasteiger partial charge in [0.05, 0.1) is 21.0 Å². The number of carbonyl (C=O) groups excluding carboxylic acids is 3. The summed E-state index contributed by atoms with van der Waals surface area (Å²) in [7, 11) is 0. The summed E-state index contributed by atoms with van der Waals surface area (Å²) in [6, 6.07) is 9.51. The highest BCUT2D eigenvalue weighted by Crippen LogP contribution is 2.15. The minimum atomic E-state index is -0.956. The first-order chi connectivity index (χ1) is 13.3. The van der Waals surface area contributed by atoms with E-state index in [1.165, 1.54) is 36.4 Å². The van der Waals surface area contributed by atoms with Gasteiger partial charge in [-0.05, 0) is 12.1 Å². The molecule has 28 heavy (non-hydrogen) atoms. The van der Waals surface area contributed by atoms with Crippen LogP contribution in [0.3, 0.4) is 0 Å². The number of hydrogen-bond acceptors (Lipinski definition) is 9. The molecule has 0 amide bonds. The molecule has 2 aromatic rings. The van der Waals surface area contributed by atoms with E-state index in [0.717, 1.165) is 12.1 Å². The molecule has 2 aromatic carbocycles. The topological polar surface area (TPSA) is 156 Å². The molecular formula is C17H12N2O9. The van der Waals surface area contributed by atoms with Crippen molar-refractivity contribution in [2.45, 2.75) is 0 Å². The zero-order chi connectivity index (χ0) is 20.7. The van der Waals surface area contributed by atoms with E-state index in [1.807, 2.05) is 0 Å². The summed E-state index contributed by atoms with van der Waals surface area (Å²) in [5.41, 5.74) is -0.857. The highest BCUT2D eigenvalue weighted by atomic mass is 16.6. The maximum atomic E-state index is 11.8. The maximum absolute atomic E-state index is 11.8. The fourth-order valence-electron chi connectivity index (χ4n) is 1.99. The number of esters is 2. The van der Waals surface area contributed by atoms with Gasteiger partial charge in [0.15, 0.2) is 13.2 Å². The van der Waals surface area contributed by atoms with Crippen molar-refractivity contribution in [3.63, 3.8) is 0 Å². The van der Waals surface area contributed by atoms with Crippen LogP contribution in [-0.4, -0.2) is 40.8 Å². The van der Waals surface area contributed by atoms with Crippen LogP contribution in [0.4, 0.5) is 11.4 Å². The molecule has 0 radical (unpaired) electrons. The molecule has 0 spiro atoms. The summed E-state index contributed by atoms with van der Waals surface area (Å²) < 4.78 is 9.44. The van der Waals surface area contributed by atoms with E-state index >= 15 is 0 Å². The lowest BCUT2D eigenvalue weighted by Gasteiger charge is -2.06. The third-order valence-corrected chi connectivity index (χ3v) is 3.31. The van der Waals surface area contributed by atoms with Gasteiger partial charge in [0.25, 0.3) is 11.4 Å². The second kappa shape index (κ2) is 8.98. The van der Waals surface area contributed by atoms with E-state index in [1.54, 1.807) is 0 Å². The van der Waals surface area contributed by atoms with Crippen LogP contribution in [0.15, 0.2) is 48.5 Å². The van der Waals surface area contributed by atoms with Gasteiger partial charge in [-0.15, -0.1) is 0 Å². The third-order valence-electron chi connectivity index (χ3n) is 3.31. The van der Waals surface area contributed by atoms with E-state index in [0.29, 0.717) is 0 Å². The first-order valence-electron chi connectivity index (χ1n) is 7.63. The van der Waals surface area contributed by atoms with Gasteiger partial charge in [0, 0.05) is 24.3 Å². The molecule has 0 unspecified atom stereocenters. The Labute approximate surface area is 156 Å². The Hall–Kier alpha value is -4.15. The average Bonchev–Trinajstić information content (AvgIpc) is 2.70. The predicted octanol–water partition coefficient (Wildman–Crippen LogP) is 2.09. The molecule has 0 aliphatic carbocycles. The zero-order valence-corrected chi connectivity index (χ0v) is 14.1. The summed E-state index contributed by atoms with van der Waals surface area (Å²) >= 11 is 0. The Morgan fingerprint density at radius 2 is 1.14 bits per heavy atom. The third kappa shape index (κ3) is 5.42. The number of Topliss-reactive ketones (excluding diaryl/α,β-unsaturated/α-hetero) is 1. The summed E-state index contributed by atoms with van der Waals surface area (Å²) in [4.78, 5) is 55.3. The Balaban J connectivity index is 1.85. The molecule has 0 aliphatic rings. The van der Waals surface area contributed by atoms with Crippen molar-refractivity contribution in [2.24, 2.45) is 0 Å². The van der Waals surface area contributed by atoms with Crippen LogP contribution in [-0.2, 0) is 14.3 Å². The van der Waals surface area contributed by atoms with Crippen LogP contribution in [0.25, 0.3) is 0 Å². The lowest BCUT2D eigenvalue weighted by molar-refractivity contribution is -0.385. The molecule has 144 valence electrons. The van der Waals surface area contributed by atoms with Crippen LogP contribution >= 0.6 is 0 Å². The molecule has 0 saturated carbocycles. The Bertz CT molecular complexity index is 880. The number of nitrogens with zero attached hydrogens (tertiary/aromatic N) is 2. The maximum Gasteiger partial charge on any atom is 0.338 e. The molecule has 2 rings (SSSR count). The van der Waals surface area contributed by atoms with E-state index in [4.69, 9.17) is 9.47 Å². The van der Waals surface area contributed by atoms with E-state index in [9.17, 15) is 34.6 Å². The Morgan fingerprint density at radius 3 is 1.50 bits per heavy atom. The quantitative estimate of drug-likeness (QED) is 0.375. The normalized spacial score (nSPS) is 10.0. The molecule has 0 saturated heterocycles. The minimum absolute atomic E-state index is 0.115. The Kier molecular flexibility index (Phi) is 6.47. The molecule has 0 aliphatic heterocycles. The number of carbonyl (C=O) groups is 3. The van der Waals surface area contributed by atoms with Gasteiger partial charge in [-0.1, -0.05) is 12.1 Å². The van der Waals surface area contributed by atoms with Crippen molar-refractivity contribution >= 4 is 29.1 Å². The molecule has 0 fully saturated rings. The van der Waals surface area contributed by atoms with Crippen molar-refractivity contribution in [2.75, 3.05) is 13.2 Å². The fraction of sp³-hybridized carbons (Fsp3) is 0.118. The molecule has 11 nitrogen and oxygen atoms in total. The standard InChI is InChI=1S/C17H12N2O9/c20-15(9-27-16(21)11-3-1-5-13(7-11)18(23)24)10-28-17(22)12-4-2-6-14(8-12)19(25)26/h1-8H,9-10H2. The van der Waals surface area contributed by atoms with Gasteiger partial charge >= 0.3 is 11.9 Å². The largest absolute Gasteiger partial charge is 0.454 e. The van der Waals surface area contributed by atoms with E-state index in [-0.39, 0.29) is 22.5 Å². The van der Waals surface area contributed by atoms with Crippen LogP contribution in [0.5, 0.6) is 0 Å². The number of hydrogen-bond donors (Lipinski definition) is 0. The highest BCUT2D eigenvalue weighted by molar-refractivity contribution is 5.94. The number of benzene rings is 2. The SMILES string of the molecule is O=C(COC(=O)c1cccc([N+](=O)[O-])c1)COC(=O)c1cccc([N+](=O)[O-])c1. The monoisotopic (exact) mass is 388 g/mol. The number of nitro benzene ring substituents is 2. The first-order valence-corrected chi connectivity index (χ1v) is 7.63. The van der Waals surface area contributed by atoms with Crippen LogP contribution < -0.4 is 0 Å². The lowest BCUT2D eigenvalue weighted by atomic mass is 10.2. The first kappa shape index (κ1) is 20.2. The van der Waals surface area contributed by atoms with Crippen molar-refractivity contribution < 1.29 is 33.7 Å². The second-order valence-electron chi connectivity index (χ2n) is 5.31. The second-order valence-corrected chi connectivity index (χ2v) is 5.31. The van der Waals surface area contributed by atoms with E-state index in [2.05, 4.69) is 0 Å². The van der Waals surface area contributed by atoms with Gasteiger partial charge in [0.1, 0.15) is 0 Å². The van der Waals surface area contributed by atoms with Crippen LogP contribution in [0, 0.1) is 20.2 Å². The highest BCUT2D eigenvalue weighted by Gasteiger charge is 2.17. The van der Waals surface area contributed by atoms with Gasteiger partial charge in [0.2, 0.25) is 5.78 Å². The molecule has 0 heterocycles. The zero-order valence-electron chi connectivity index (χ0n) is 14.1. The molecule has 0 aromatic heterocycles. The number of non-ortho nitro benzene ring substituents is 2. The van der Waals surface area contributed by atoms with Crippen LogP contribution in [0.1, 0.15) is 20.7 Å². The lowest BCUT2D eigenvalue weighted by Crippen LogP contribution is -2.20. The van der Waals surface area contributed by atoms with Crippen molar-refractivity contribution in [1.82, 2.24) is 0 Å². The summed E-state index contributed by atoms with van der Waals surface area (Å²) in [6.45, 7) is -1.44. The van der Waals surface area contributed by atoms with Gasteiger partial charge < -0.3 is 9.47 Å². The van der Waals surface area contributed by atoms with Crippen molar-refractivity contribution in [1.29, 1.82) is 0 Å². The number of rotatable bonds is 8. The number of nitro groups is 2. The van der Waals surface area contributed by atoms with Gasteiger partial charge in [-0.25, -0.2) is 9.59 Å². The average molecular weight is 388 g/mol. The van der Waals surface area contributed by atoms with Gasteiger partial charge in [-0.3, -0.25) is 25.0 Å². The molecule has 0 N–H and O–H groups in total. The van der Waals surface area contributed by atoms with E-state index < -0.39 is 40.8 Å². The minimum Gasteiger partial charge on any atom is -0.454 e. The van der Waals surface area contributed by atoms with Crippen molar-refractivity contribution in [3.8, 4) is 0 Å². The molecule has 0 atom stereocenters. The smallest absolute Gasteiger partial charge is 0.338 e. The Morgan fingerprint density at radius 1 is 0.750 bits per heavy atom. The number of ether oxygens (including phenoxy) is 2. The molecular weight excluding hydrogens is 376 g/mol. The van der Waals surface area contributed by atoms with Crippen molar-refractivity contribution in [3.05, 3.63) is 79.9 Å². The molecule has 11 heteroatoms. The van der Waals surface area contributed by atoms with Crippen LogP contribution in [0.2, 0.25) is 0 Å². The number of ketones is 1. The summed E-state index contributed by atoms with van der Waals surface area (Å²) in [5, 5.41) is 21.4. The van der Waals surface area contributed by atoms with Gasteiger partial charge in [-0.2, -0.15) is 0 Å². The summed E-state index contributed by atoms with van der Waals surface area (Å²) in [5.74, 6) is -2.67. The summed E-state index contributed by atoms with van der Waals surface area (Å²) in [6.07, 6.45) is 0. The predicted molar refractivity (Wildman–Crippen MR) is 91.8 cm³/mol.